The zero-order valence-electron chi connectivity index (χ0n) is 28.1. The molecule has 0 fully saturated rings. The molecule has 0 aliphatic carbocycles. The first-order chi connectivity index (χ1) is 22.1. The molecule has 10 heteroatoms. The van der Waals surface area contributed by atoms with Gasteiger partial charge in [0.05, 0.1) is 34.2 Å². The van der Waals surface area contributed by atoms with Gasteiger partial charge in [0, 0.05) is 35.6 Å². The summed E-state index contributed by atoms with van der Waals surface area (Å²) in [5.74, 6) is -2.36. The van der Waals surface area contributed by atoms with Crippen molar-refractivity contribution < 1.29 is 24.6 Å². The first-order valence-corrected chi connectivity index (χ1v) is 16.2. The maximum atomic E-state index is 13.1. The normalized spacial score (nSPS) is 21.9. The lowest BCUT2D eigenvalue weighted by atomic mass is 9.73. The minimum absolute atomic E-state index is 0.0441. The van der Waals surface area contributed by atoms with Crippen LogP contribution in [0.1, 0.15) is 80.6 Å². The van der Waals surface area contributed by atoms with Crippen molar-refractivity contribution in [2.24, 2.45) is 37.2 Å². The van der Waals surface area contributed by atoms with Crippen LogP contribution in [0.25, 0.3) is 0 Å². The van der Waals surface area contributed by atoms with Crippen molar-refractivity contribution in [1.82, 2.24) is 5.32 Å². The topological polar surface area (TPSA) is 153 Å². The third-order valence-corrected chi connectivity index (χ3v) is 9.28. The van der Waals surface area contributed by atoms with Crippen LogP contribution in [0.2, 0.25) is 0 Å². The van der Waals surface area contributed by atoms with E-state index in [9.17, 15) is 24.6 Å². The molecule has 2 atom stereocenters. The van der Waals surface area contributed by atoms with Gasteiger partial charge in [0.25, 0.3) is 0 Å². The molecule has 2 unspecified atom stereocenters. The largest absolute Gasteiger partial charge is 0.481 e. The summed E-state index contributed by atoms with van der Waals surface area (Å²) in [6, 6.07) is -0.950. The molecular formula is C37H43N5O5. The minimum Gasteiger partial charge on any atom is -0.481 e. The number of carbonyl (C=O) groups is 3. The van der Waals surface area contributed by atoms with Gasteiger partial charge in [-0.05, 0) is 105 Å². The molecule has 0 aromatic rings. The molecule has 10 nitrogen and oxygen atoms in total. The van der Waals surface area contributed by atoms with Crippen molar-refractivity contribution in [3.8, 4) is 0 Å². The molecular weight excluding hydrogens is 594 g/mol. The molecule has 1 amide bonds. The van der Waals surface area contributed by atoms with Crippen LogP contribution in [0.4, 0.5) is 0 Å². The number of amides is 1. The van der Waals surface area contributed by atoms with Gasteiger partial charge in [-0.15, -0.1) is 0 Å². The van der Waals surface area contributed by atoms with Crippen LogP contribution in [0.5, 0.6) is 0 Å². The molecule has 47 heavy (non-hydrogen) atoms. The number of aliphatic carboxylic acids is 2. The van der Waals surface area contributed by atoms with Gasteiger partial charge in [-0.2, -0.15) is 0 Å². The molecule has 0 spiro atoms. The van der Waals surface area contributed by atoms with E-state index in [1.54, 1.807) is 0 Å². The van der Waals surface area contributed by atoms with E-state index in [0.717, 1.165) is 56.5 Å². The number of carbonyl (C=O) groups excluding carboxylic acids is 1. The Morgan fingerprint density at radius 3 is 2.04 bits per heavy atom. The number of carboxylic acids is 2. The molecule has 5 heterocycles. The van der Waals surface area contributed by atoms with Gasteiger partial charge in [-0.1, -0.05) is 27.7 Å². The van der Waals surface area contributed by atoms with Crippen molar-refractivity contribution in [2.45, 2.75) is 86.6 Å². The van der Waals surface area contributed by atoms with Crippen molar-refractivity contribution in [3.05, 3.63) is 81.5 Å². The summed E-state index contributed by atoms with van der Waals surface area (Å²) in [7, 11) is 0. The van der Waals surface area contributed by atoms with Crippen LogP contribution < -0.4 is 5.32 Å². The Balaban J connectivity index is 1.58. The third kappa shape index (κ3) is 7.32. The van der Waals surface area contributed by atoms with Gasteiger partial charge in [-0.3, -0.25) is 14.6 Å². The predicted molar refractivity (Wildman–Crippen MR) is 185 cm³/mol. The molecule has 5 aliphatic rings. The molecule has 5 aliphatic heterocycles. The van der Waals surface area contributed by atoms with Crippen LogP contribution in [0, 0.1) is 17.3 Å². The first kappa shape index (κ1) is 33.6. The second-order valence-corrected chi connectivity index (χ2v) is 13.8. The monoisotopic (exact) mass is 637 g/mol. The number of hydrogen-bond acceptors (Lipinski definition) is 7. The van der Waals surface area contributed by atoms with Crippen LogP contribution in [0.3, 0.4) is 0 Å². The van der Waals surface area contributed by atoms with E-state index < -0.39 is 23.4 Å². The third-order valence-electron chi connectivity index (χ3n) is 9.28. The summed E-state index contributed by atoms with van der Waals surface area (Å²) in [5, 5.41) is 21.9. The van der Waals surface area contributed by atoms with Crippen molar-refractivity contribution in [3.63, 3.8) is 0 Å². The Hall–Kier alpha value is -4.73. The van der Waals surface area contributed by atoms with E-state index in [1.165, 1.54) is 0 Å². The summed E-state index contributed by atoms with van der Waals surface area (Å²) >= 11 is 0. The molecule has 0 radical (unpaired) electrons. The van der Waals surface area contributed by atoms with E-state index in [4.69, 9.17) is 20.0 Å². The van der Waals surface area contributed by atoms with Crippen LogP contribution in [-0.4, -0.2) is 56.9 Å². The van der Waals surface area contributed by atoms with Gasteiger partial charge in [0.2, 0.25) is 5.91 Å². The number of carboxylic acid groups (broad SMARTS) is 2. The highest BCUT2D eigenvalue weighted by atomic mass is 16.4. The SMILES string of the molecule is CC1=CC2=CC3=NC(=CC4=NC(=CC5=NC(=CC1=N2)C=C5C)C(C)(C)C4CCC(=O)NC(CC(C)C)C(=O)O)C(CCC(=O)O)=C3C. The lowest BCUT2D eigenvalue weighted by molar-refractivity contribution is -0.142. The van der Waals surface area contributed by atoms with Crippen molar-refractivity contribution in [1.29, 1.82) is 0 Å². The van der Waals surface area contributed by atoms with Gasteiger partial charge < -0.3 is 15.5 Å². The highest BCUT2D eigenvalue weighted by Gasteiger charge is 2.42. The Bertz CT molecular complexity index is 1780. The molecule has 0 aromatic carbocycles. The van der Waals surface area contributed by atoms with E-state index in [2.05, 4.69) is 19.2 Å². The summed E-state index contributed by atoms with van der Waals surface area (Å²) in [5.41, 5.74) is 9.31. The van der Waals surface area contributed by atoms with Gasteiger partial charge in [-0.25, -0.2) is 19.8 Å². The number of nitrogens with one attached hydrogen (secondary N) is 1. The lowest BCUT2D eigenvalue weighted by Gasteiger charge is -2.28. The number of aliphatic imine (C=N–C) groups is 4. The van der Waals surface area contributed by atoms with Gasteiger partial charge >= 0.3 is 11.9 Å². The number of fused-ring (bicyclic) bond motifs is 4. The van der Waals surface area contributed by atoms with Crippen LogP contribution in [0.15, 0.2) is 102 Å². The zero-order chi connectivity index (χ0) is 34.2. The van der Waals surface area contributed by atoms with Crippen LogP contribution >= 0.6 is 0 Å². The molecule has 0 aromatic heterocycles. The fourth-order valence-corrected chi connectivity index (χ4v) is 6.54. The number of allylic oxidation sites excluding steroid dienone is 11. The van der Waals surface area contributed by atoms with E-state index in [0.29, 0.717) is 30.7 Å². The summed E-state index contributed by atoms with van der Waals surface area (Å²) in [4.78, 5) is 56.4. The molecule has 8 bridgehead atoms. The second kappa shape index (κ2) is 13.2. The molecule has 0 saturated heterocycles. The van der Waals surface area contributed by atoms with Crippen molar-refractivity contribution in [2.75, 3.05) is 0 Å². The highest BCUT2D eigenvalue weighted by Crippen LogP contribution is 2.46. The summed E-state index contributed by atoms with van der Waals surface area (Å²) in [6.45, 7) is 14.0. The van der Waals surface area contributed by atoms with Crippen LogP contribution in [-0.2, 0) is 14.4 Å². The summed E-state index contributed by atoms with van der Waals surface area (Å²) < 4.78 is 0. The fraction of sp³-hybridized carbons (Fsp3) is 0.432. The fourth-order valence-electron chi connectivity index (χ4n) is 6.54. The number of nitrogens with zero attached hydrogens (tertiary/aromatic N) is 4. The Morgan fingerprint density at radius 2 is 1.45 bits per heavy atom. The average Bonchev–Trinajstić information content (AvgIpc) is 3.64. The smallest absolute Gasteiger partial charge is 0.326 e. The van der Waals surface area contributed by atoms with E-state index >= 15 is 0 Å². The van der Waals surface area contributed by atoms with Gasteiger partial charge in [0.1, 0.15) is 6.04 Å². The molecule has 5 rings (SSSR count). The van der Waals surface area contributed by atoms with E-state index in [1.807, 2.05) is 71.1 Å². The number of rotatable bonds is 10. The summed E-state index contributed by atoms with van der Waals surface area (Å²) in [6.07, 6.45) is 13.0. The Labute approximate surface area is 275 Å². The maximum Gasteiger partial charge on any atom is 0.326 e. The maximum absolute atomic E-state index is 13.1. The second-order valence-electron chi connectivity index (χ2n) is 13.8. The lowest BCUT2D eigenvalue weighted by Crippen LogP contribution is -2.42. The molecule has 0 saturated carbocycles. The molecule has 246 valence electrons. The van der Waals surface area contributed by atoms with E-state index in [-0.39, 0.29) is 30.6 Å². The van der Waals surface area contributed by atoms with Gasteiger partial charge in [0.15, 0.2) is 0 Å². The first-order valence-electron chi connectivity index (χ1n) is 16.2. The molecule has 3 N–H and O–H groups in total. The standard InChI is InChI=1S/C37H43N5O5/c1-19(2)12-32(36(46)47)42-34(43)10-9-26-31-17-30-25(8-11-35(44)45)22(5)29(40-30)16-24-13-20(3)27(38-24)15-23-14-21(4)28(39-23)18-33(41-31)37(26,6)7/h13-19,26,32H,8-12H2,1-7H3,(H,42,43)(H,44,45)(H,46,47). The average molecular weight is 638 g/mol. The minimum atomic E-state index is -1.05. The highest BCUT2D eigenvalue weighted by molar-refractivity contribution is 6.17. The van der Waals surface area contributed by atoms with Crippen molar-refractivity contribution >= 4 is 40.7 Å². The predicted octanol–water partition coefficient (Wildman–Crippen LogP) is 6.47. The quantitative estimate of drug-likeness (QED) is 0.251. The Morgan fingerprint density at radius 1 is 0.830 bits per heavy atom. The Kier molecular flexibility index (Phi) is 9.43. The zero-order valence-corrected chi connectivity index (χ0v) is 28.1. The number of hydrogen-bond donors (Lipinski definition) is 3.